The van der Waals surface area contributed by atoms with Gasteiger partial charge in [-0.2, -0.15) is 0 Å². The van der Waals surface area contributed by atoms with E-state index in [1.807, 2.05) is 14.0 Å². The highest BCUT2D eigenvalue weighted by atomic mass is 35.5. The predicted octanol–water partition coefficient (Wildman–Crippen LogP) is 1.61. The molecular weight excluding hydrogens is 308 g/mol. The minimum Gasteiger partial charge on any atom is -0.496 e. The van der Waals surface area contributed by atoms with Gasteiger partial charge < -0.3 is 24.8 Å². The number of hydrogen-bond acceptors (Lipinski definition) is 5. The fourth-order valence-electron chi connectivity index (χ4n) is 1.99. The maximum Gasteiger partial charge on any atom is 0.224 e. The van der Waals surface area contributed by atoms with Crippen molar-refractivity contribution in [1.82, 2.24) is 10.6 Å². The number of nitrogens with one attached hydrogen (secondary N) is 2. The van der Waals surface area contributed by atoms with Crippen LogP contribution in [0.4, 0.5) is 0 Å². The van der Waals surface area contributed by atoms with Crippen molar-refractivity contribution in [3.05, 3.63) is 17.7 Å². The molecule has 0 spiro atoms. The zero-order valence-corrected chi connectivity index (χ0v) is 14.5. The highest BCUT2D eigenvalue weighted by Gasteiger charge is 2.15. The van der Waals surface area contributed by atoms with Gasteiger partial charge in [0.2, 0.25) is 5.91 Å². The van der Waals surface area contributed by atoms with Gasteiger partial charge in [-0.25, -0.2) is 0 Å². The van der Waals surface area contributed by atoms with E-state index in [4.69, 9.17) is 14.2 Å². The van der Waals surface area contributed by atoms with Crippen molar-refractivity contribution in [2.24, 2.45) is 5.92 Å². The topological polar surface area (TPSA) is 68.8 Å². The van der Waals surface area contributed by atoms with Crippen LogP contribution in [0.2, 0.25) is 0 Å². The lowest BCUT2D eigenvalue weighted by molar-refractivity contribution is -0.124. The first-order valence-electron chi connectivity index (χ1n) is 6.78. The van der Waals surface area contributed by atoms with E-state index in [-0.39, 0.29) is 24.2 Å². The molecule has 1 amide bonds. The molecule has 0 fully saturated rings. The molecule has 0 aliphatic carbocycles. The molecule has 2 N–H and O–H groups in total. The van der Waals surface area contributed by atoms with Gasteiger partial charge in [-0.1, -0.05) is 6.92 Å². The van der Waals surface area contributed by atoms with Gasteiger partial charge in [-0.15, -0.1) is 12.4 Å². The van der Waals surface area contributed by atoms with Gasteiger partial charge in [0, 0.05) is 30.6 Å². The lowest BCUT2D eigenvalue weighted by Crippen LogP contribution is -2.34. The lowest BCUT2D eigenvalue weighted by atomic mass is 10.1. The molecule has 0 heterocycles. The maximum atomic E-state index is 11.9. The summed E-state index contributed by atoms with van der Waals surface area (Å²) in [5, 5.41) is 5.87. The zero-order valence-electron chi connectivity index (χ0n) is 13.7. The summed E-state index contributed by atoms with van der Waals surface area (Å²) in [6.07, 6.45) is 0. The second-order valence-corrected chi connectivity index (χ2v) is 4.70. The van der Waals surface area contributed by atoms with Crippen LogP contribution in [0, 0.1) is 5.92 Å². The fourth-order valence-corrected chi connectivity index (χ4v) is 1.99. The van der Waals surface area contributed by atoms with Crippen LogP contribution in [0.15, 0.2) is 12.1 Å². The minimum absolute atomic E-state index is 0. The Morgan fingerprint density at radius 3 is 2.14 bits per heavy atom. The molecule has 1 atom stereocenters. The summed E-state index contributed by atoms with van der Waals surface area (Å²) in [6, 6.07) is 3.55. The molecule has 22 heavy (non-hydrogen) atoms. The summed E-state index contributed by atoms with van der Waals surface area (Å²) >= 11 is 0. The lowest BCUT2D eigenvalue weighted by Gasteiger charge is -2.16. The molecule has 0 saturated heterocycles. The van der Waals surface area contributed by atoms with Crippen molar-refractivity contribution in [3.8, 4) is 17.2 Å². The number of amides is 1. The smallest absolute Gasteiger partial charge is 0.224 e. The average Bonchev–Trinajstić information content (AvgIpc) is 2.51. The average molecular weight is 333 g/mol. The first kappa shape index (κ1) is 20.3. The van der Waals surface area contributed by atoms with Crippen LogP contribution >= 0.6 is 12.4 Å². The van der Waals surface area contributed by atoms with E-state index in [0.717, 1.165) is 5.56 Å². The Bertz CT molecular complexity index is 483. The van der Waals surface area contributed by atoms with E-state index in [1.165, 1.54) is 0 Å². The summed E-state index contributed by atoms with van der Waals surface area (Å²) in [4.78, 5) is 11.9. The largest absolute Gasteiger partial charge is 0.496 e. The quantitative estimate of drug-likeness (QED) is 0.757. The maximum absolute atomic E-state index is 11.9. The van der Waals surface area contributed by atoms with Crippen molar-refractivity contribution in [2.75, 3.05) is 34.9 Å². The number of rotatable bonds is 8. The molecule has 1 aromatic carbocycles. The van der Waals surface area contributed by atoms with E-state index in [9.17, 15) is 4.79 Å². The van der Waals surface area contributed by atoms with E-state index in [2.05, 4.69) is 10.6 Å². The number of hydrogen-bond donors (Lipinski definition) is 2. The van der Waals surface area contributed by atoms with Crippen LogP contribution in [0.25, 0.3) is 0 Å². The van der Waals surface area contributed by atoms with Crippen LogP contribution in [0.1, 0.15) is 12.5 Å². The molecule has 6 nitrogen and oxygen atoms in total. The summed E-state index contributed by atoms with van der Waals surface area (Å²) in [5.41, 5.74) is 0.833. The van der Waals surface area contributed by atoms with Crippen LogP contribution in [-0.4, -0.2) is 40.8 Å². The normalized spacial score (nSPS) is 11.1. The molecule has 1 aromatic rings. The van der Waals surface area contributed by atoms with E-state index >= 15 is 0 Å². The summed E-state index contributed by atoms with van der Waals surface area (Å²) in [7, 11) is 6.54. The van der Waals surface area contributed by atoms with Gasteiger partial charge in [-0.05, 0) is 13.1 Å². The molecule has 0 aliphatic heterocycles. The molecular formula is C15H25ClN2O4. The van der Waals surface area contributed by atoms with E-state index < -0.39 is 0 Å². The standard InChI is InChI=1S/C15H24N2O4.ClH/c1-10(8-16-2)15(18)17-9-11-6-13(20-4)14(21-5)7-12(11)19-3;/h6-7,10,16H,8-9H2,1-5H3,(H,17,18);1H. The van der Waals surface area contributed by atoms with Crippen LogP contribution in [0.5, 0.6) is 17.2 Å². The van der Waals surface area contributed by atoms with Gasteiger partial charge >= 0.3 is 0 Å². The Morgan fingerprint density at radius 1 is 1.09 bits per heavy atom. The summed E-state index contributed by atoms with van der Waals surface area (Å²) in [6.45, 7) is 2.88. The van der Waals surface area contributed by atoms with Crippen molar-refractivity contribution in [2.45, 2.75) is 13.5 Å². The van der Waals surface area contributed by atoms with Gasteiger partial charge in [0.25, 0.3) is 0 Å². The number of methoxy groups -OCH3 is 3. The molecule has 0 radical (unpaired) electrons. The molecule has 1 rings (SSSR count). The third-order valence-corrected chi connectivity index (χ3v) is 3.20. The Kier molecular flexibility index (Phi) is 9.37. The monoisotopic (exact) mass is 332 g/mol. The second-order valence-electron chi connectivity index (χ2n) is 4.70. The van der Waals surface area contributed by atoms with Crippen molar-refractivity contribution < 1.29 is 19.0 Å². The van der Waals surface area contributed by atoms with Crippen LogP contribution in [0.3, 0.4) is 0 Å². The molecule has 1 unspecified atom stereocenters. The van der Waals surface area contributed by atoms with Gasteiger partial charge in [-0.3, -0.25) is 4.79 Å². The van der Waals surface area contributed by atoms with Gasteiger partial charge in [0.15, 0.2) is 11.5 Å². The third-order valence-electron chi connectivity index (χ3n) is 3.20. The van der Waals surface area contributed by atoms with Crippen molar-refractivity contribution in [3.63, 3.8) is 0 Å². The summed E-state index contributed by atoms with van der Waals surface area (Å²) < 4.78 is 15.8. The number of ether oxygens (including phenoxy) is 3. The number of halogens is 1. The highest BCUT2D eigenvalue weighted by molar-refractivity contribution is 5.85. The molecule has 126 valence electrons. The Labute approximate surface area is 137 Å². The second kappa shape index (κ2) is 10.1. The molecule has 7 heteroatoms. The van der Waals surface area contributed by atoms with Crippen LogP contribution in [-0.2, 0) is 11.3 Å². The molecule has 0 saturated carbocycles. The SMILES string of the molecule is CNCC(C)C(=O)NCc1cc(OC)c(OC)cc1OC.Cl. The summed E-state index contributed by atoms with van der Waals surface area (Å²) in [5.74, 6) is 1.73. The third kappa shape index (κ3) is 5.27. The number of carbonyl (C=O) groups excluding carboxylic acids is 1. The predicted molar refractivity (Wildman–Crippen MR) is 88.3 cm³/mol. The van der Waals surface area contributed by atoms with E-state index in [0.29, 0.717) is 30.3 Å². The van der Waals surface area contributed by atoms with Crippen molar-refractivity contribution >= 4 is 18.3 Å². The Balaban J connectivity index is 0.00000441. The first-order chi connectivity index (χ1) is 10.1. The van der Waals surface area contributed by atoms with Gasteiger partial charge in [0.05, 0.1) is 21.3 Å². The zero-order chi connectivity index (χ0) is 15.8. The fraction of sp³-hybridized carbons (Fsp3) is 0.533. The first-order valence-corrected chi connectivity index (χ1v) is 6.78. The minimum atomic E-state index is -0.0962. The van der Waals surface area contributed by atoms with E-state index in [1.54, 1.807) is 33.5 Å². The molecule has 0 aliphatic rings. The number of benzene rings is 1. The van der Waals surface area contributed by atoms with Crippen molar-refractivity contribution in [1.29, 1.82) is 0 Å². The number of carbonyl (C=O) groups is 1. The Hall–Kier alpha value is -1.66. The Morgan fingerprint density at radius 2 is 1.64 bits per heavy atom. The van der Waals surface area contributed by atoms with Crippen LogP contribution < -0.4 is 24.8 Å². The molecule has 0 aromatic heterocycles. The molecule has 0 bridgehead atoms. The highest BCUT2D eigenvalue weighted by Crippen LogP contribution is 2.34. The van der Waals surface area contributed by atoms with Gasteiger partial charge in [0.1, 0.15) is 5.75 Å².